The van der Waals surface area contributed by atoms with Crippen LogP contribution in [0.15, 0.2) is 18.3 Å². The highest BCUT2D eigenvalue weighted by atomic mass is 16.1. The van der Waals surface area contributed by atoms with Gasteiger partial charge in [-0.05, 0) is 49.8 Å². The number of pyridine rings is 1. The Morgan fingerprint density at radius 3 is 2.90 bits per heavy atom. The number of carbonyl (C=O) groups is 1. The summed E-state index contributed by atoms with van der Waals surface area (Å²) in [6.45, 7) is 2.75. The number of carbonyl (C=O) groups excluding carboxylic acids is 1. The van der Waals surface area contributed by atoms with Gasteiger partial charge in [0.2, 0.25) is 5.91 Å². The molecule has 1 amide bonds. The summed E-state index contributed by atoms with van der Waals surface area (Å²) in [6.07, 6.45) is 7.02. The minimum absolute atomic E-state index is 0.0971. The lowest BCUT2D eigenvalue weighted by atomic mass is 10.1. The quantitative estimate of drug-likeness (QED) is 0.879. The number of hydrogen-bond acceptors (Lipinski definition) is 4. The van der Waals surface area contributed by atoms with E-state index < -0.39 is 0 Å². The first-order chi connectivity index (χ1) is 10.2. The van der Waals surface area contributed by atoms with Crippen LogP contribution >= 0.6 is 0 Å². The molecule has 0 spiro atoms. The van der Waals surface area contributed by atoms with Gasteiger partial charge in [-0.2, -0.15) is 0 Å². The number of rotatable bonds is 4. The molecule has 3 N–H and O–H groups in total. The lowest BCUT2D eigenvalue weighted by Gasteiger charge is -2.17. The summed E-state index contributed by atoms with van der Waals surface area (Å²) in [5, 5.41) is 3.04. The summed E-state index contributed by atoms with van der Waals surface area (Å²) in [4.78, 5) is 18.9. The van der Waals surface area contributed by atoms with Gasteiger partial charge in [-0.3, -0.25) is 4.79 Å². The summed E-state index contributed by atoms with van der Waals surface area (Å²) >= 11 is 0. The molecule has 0 bridgehead atoms. The van der Waals surface area contributed by atoms with E-state index in [2.05, 4.69) is 21.3 Å². The summed E-state index contributed by atoms with van der Waals surface area (Å²) in [5.41, 5.74) is 6.98. The molecule has 1 aliphatic carbocycles. The van der Waals surface area contributed by atoms with Crippen LogP contribution in [-0.4, -0.2) is 30.0 Å². The van der Waals surface area contributed by atoms with Crippen molar-refractivity contribution in [2.45, 2.75) is 44.7 Å². The highest BCUT2D eigenvalue weighted by Gasteiger charge is 2.27. The van der Waals surface area contributed by atoms with E-state index in [9.17, 15) is 4.79 Å². The fraction of sp³-hybridized carbons (Fsp3) is 0.625. The standard InChI is InChI=1S/C16H24N4O/c17-14-4-3-13(10-14)16(21)19-11-12-5-6-18-15(9-12)20-7-1-2-8-20/h5-6,9,13-14H,1-4,7-8,10-11,17H2,(H,19,21). The molecule has 5 nitrogen and oxygen atoms in total. The van der Waals surface area contributed by atoms with Gasteiger partial charge in [0.1, 0.15) is 5.82 Å². The van der Waals surface area contributed by atoms with Crippen molar-refractivity contribution in [3.8, 4) is 0 Å². The van der Waals surface area contributed by atoms with E-state index in [1.165, 1.54) is 12.8 Å². The smallest absolute Gasteiger partial charge is 0.223 e. The summed E-state index contributed by atoms with van der Waals surface area (Å²) in [7, 11) is 0. The SMILES string of the molecule is NC1CCC(C(=O)NCc2ccnc(N3CCCC3)c2)C1. The van der Waals surface area contributed by atoms with Crippen LogP contribution in [0.25, 0.3) is 0 Å². The van der Waals surface area contributed by atoms with Crippen LogP contribution < -0.4 is 16.0 Å². The Morgan fingerprint density at radius 2 is 2.19 bits per heavy atom. The Balaban J connectivity index is 1.55. The van der Waals surface area contributed by atoms with Crippen LogP contribution in [0, 0.1) is 5.92 Å². The van der Waals surface area contributed by atoms with E-state index in [4.69, 9.17) is 5.73 Å². The summed E-state index contributed by atoms with van der Waals surface area (Å²) in [5.74, 6) is 1.27. The Kier molecular flexibility index (Phi) is 4.39. The summed E-state index contributed by atoms with van der Waals surface area (Å²) < 4.78 is 0. The number of amides is 1. The molecular formula is C16H24N4O. The minimum atomic E-state index is 0.0971. The third-order valence-corrected chi connectivity index (χ3v) is 4.55. The maximum Gasteiger partial charge on any atom is 0.223 e. The molecule has 21 heavy (non-hydrogen) atoms. The number of nitrogens with one attached hydrogen (secondary N) is 1. The number of hydrogen-bond donors (Lipinski definition) is 2. The van der Waals surface area contributed by atoms with Crippen LogP contribution in [0.4, 0.5) is 5.82 Å². The maximum atomic E-state index is 12.1. The van der Waals surface area contributed by atoms with Gasteiger partial charge in [-0.1, -0.05) is 0 Å². The second-order valence-corrected chi connectivity index (χ2v) is 6.20. The first-order valence-corrected chi connectivity index (χ1v) is 7.95. The van der Waals surface area contributed by atoms with E-state index >= 15 is 0 Å². The number of anilines is 1. The van der Waals surface area contributed by atoms with Gasteiger partial charge in [0.15, 0.2) is 0 Å². The van der Waals surface area contributed by atoms with Gasteiger partial charge >= 0.3 is 0 Å². The Bertz CT molecular complexity index is 499. The molecule has 1 aromatic rings. The van der Waals surface area contributed by atoms with E-state index in [0.29, 0.717) is 6.54 Å². The second kappa shape index (κ2) is 6.43. The Morgan fingerprint density at radius 1 is 1.38 bits per heavy atom. The molecule has 1 aliphatic heterocycles. The van der Waals surface area contributed by atoms with Crippen molar-refractivity contribution in [3.05, 3.63) is 23.9 Å². The highest BCUT2D eigenvalue weighted by molar-refractivity contribution is 5.79. The van der Waals surface area contributed by atoms with E-state index in [0.717, 1.165) is 43.7 Å². The van der Waals surface area contributed by atoms with Gasteiger partial charge in [0.25, 0.3) is 0 Å². The monoisotopic (exact) mass is 288 g/mol. The number of nitrogens with zero attached hydrogens (tertiary/aromatic N) is 2. The van der Waals surface area contributed by atoms with Crippen LogP contribution in [0.3, 0.4) is 0 Å². The zero-order chi connectivity index (χ0) is 14.7. The van der Waals surface area contributed by atoms with Gasteiger partial charge in [-0.15, -0.1) is 0 Å². The highest BCUT2D eigenvalue weighted by Crippen LogP contribution is 2.24. The molecule has 1 aromatic heterocycles. The van der Waals surface area contributed by atoms with Crippen molar-refractivity contribution in [1.29, 1.82) is 0 Å². The molecular weight excluding hydrogens is 264 g/mol. The molecule has 0 radical (unpaired) electrons. The molecule has 1 saturated carbocycles. The number of aromatic nitrogens is 1. The summed E-state index contributed by atoms with van der Waals surface area (Å²) in [6, 6.07) is 4.26. The molecule has 3 rings (SSSR count). The predicted molar refractivity (Wildman–Crippen MR) is 82.8 cm³/mol. The first kappa shape index (κ1) is 14.3. The third-order valence-electron chi connectivity index (χ3n) is 4.55. The first-order valence-electron chi connectivity index (χ1n) is 7.95. The van der Waals surface area contributed by atoms with Gasteiger partial charge in [-0.25, -0.2) is 4.98 Å². The van der Waals surface area contributed by atoms with Crippen molar-refractivity contribution in [2.24, 2.45) is 11.7 Å². The molecule has 5 heteroatoms. The zero-order valence-corrected chi connectivity index (χ0v) is 12.4. The molecule has 2 atom stereocenters. The molecule has 2 unspecified atom stereocenters. The normalized spacial score (nSPS) is 25.3. The molecule has 2 aliphatic rings. The molecule has 2 heterocycles. The van der Waals surface area contributed by atoms with Crippen LogP contribution in [0.2, 0.25) is 0 Å². The predicted octanol–water partition coefficient (Wildman–Crippen LogP) is 1.43. The second-order valence-electron chi connectivity index (χ2n) is 6.20. The van der Waals surface area contributed by atoms with Gasteiger partial charge < -0.3 is 16.0 Å². The van der Waals surface area contributed by atoms with Crippen LogP contribution in [0.1, 0.15) is 37.7 Å². The molecule has 0 aromatic carbocycles. The van der Waals surface area contributed by atoms with Crippen molar-refractivity contribution in [1.82, 2.24) is 10.3 Å². The van der Waals surface area contributed by atoms with E-state index in [1.807, 2.05) is 12.3 Å². The van der Waals surface area contributed by atoms with Crippen LogP contribution in [-0.2, 0) is 11.3 Å². The fourth-order valence-corrected chi connectivity index (χ4v) is 3.28. The van der Waals surface area contributed by atoms with Crippen molar-refractivity contribution < 1.29 is 4.79 Å². The van der Waals surface area contributed by atoms with Crippen LogP contribution in [0.5, 0.6) is 0 Å². The molecule has 2 fully saturated rings. The fourth-order valence-electron chi connectivity index (χ4n) is 3.28. The van der Waals surface area contributed by atoms with Gasteiger partial charge in [0, 0.05) is 37.8 Å². The van der Waals surface area contributed by atoms with Crippen molar-refractivity contribution >= 4 is 11.7 Å². The lowest BCUT2D eigenvalue weighted by molar-refractivity contribution is -0.125. The largest absolute Gasteiger partial charge is 0.357 e. The Hall–Kier alpha value is -1.62. The maximum absolute atomic E-state index is 12.1. The lowest BCUT2D eigenvalue weighted by Crippen LogP contribution is -2.30. The third kappa shape index (κ3) is 3.53. The topological polar surface area (TPSA) is 71.2 Å². The average Bonchev–Trinajstić information content (AvgIpc) is 3.16. The van der Waals surface area contributed by atoms with Crippen molar-refractivity contribution in [3.63, 3.8) is 0 Å². The Labute approximate surface area is 125 Å². The van der Waals surface area contributed by atoms with Gasteiger partial charge in [0.05, 0.1) is 0 Å². The minimum Gasteiger partial charge on any atom is -0.357 e. The van der Waals surface area contributed by atoms with Crippen molar-refractivity contribution in [2.75, 3.05) is 18.0 Å². The number of nitrogens with two attached hydrogens (primary N) is 1. The van der Waals surface area contributed by atoms with E-state index in [1.54, 1.807) is 0 Å². The van der Waals surface area contributed by atoms with E-state index in [-0.39, 0.29) is 17.9 Å². The molecule has 1 saturated heterocycles. The average molecular weight is 288 g/mol. The zero-order valence-electron chi connectivity index (χ0n) is 12.4. The molecule has 114 valence electrons.